The summed E-state index contributed by atoms with van der Waals surface area (Å²) in [5.41, 5.74) is 3.82. The summed E-state index contributed by atoms with van der Waals surface area (Å²) < 4.78 is 7.08. The molecule has 0 saturated carbocycles. The number of nitrogens with zero attached hydrogens (tertiary/aromatic N) is 3. The predicted molar refractivity (Wildman–Crippen MR) is 72.3 cm³/mol. The van der Waals surface area contributed by atoms with Gasteiger partial charge in [-0.3, -0.25) is 0 Å². The van der Waals surface area contributed by atoms with Gasteiger partial charge in [0.1, 0.15) is 10.8 Å². The predicted octanol–water partition coefficient (Wildman–Crippen LogP) is 3.52. The lowest BCUT2D eigenvalue weighted by molar-refractivity contribution is 0.579. The molecule has 0 N–H and O–H groups in total. The molecule has 1 aliphatic rings. The highest BCUT2D eigenvalue weighted by molar-refractivity contribution is 6.30. The SMILES string of the molecule is Clc1c2c(nc3cc(-c4ccco4)nn13)CCCC2. The third kappa shape index (κ3) is 1.67. The van der Waals surface area contributed by atoms with E-state index in [0.29, 0.717) is 5.15 Å². The second-order valence-corrected chi connectivity index (χ2v) is 5.17. The lowest BCUT2D eigenvalue weighted by atomic mass is 9.97. The van der Waals surface area contributed by atoms with Gasteiger partial charge in [-0.25, -0.2) is 9.50 Å². The summed E-state index contributed by atoms with van der Waals surface area (Å²) in [7, 11) is 0. The summed E-state index contributed by atoms with van der Waals surface area (Å²) in [6.45, 7) is 0. The van der Waals surface area contributed by atoms with E-state index in [1.165, 1.54) is 12.8 Å². The van der Waals surface area contributed by atoms with Crippen LogP contribution in [0.25, 0.3) is 17.1 Å². The molecule has 0 unspecified atom stereocenters. The van der Waals surface area contributed by atoms with Gasteiger partial charge in [-0.05, 0) is 37.8 Å². The van der Waals surface area contributed by atoms with E-state index in [1.54, 1.807) is 10.8 Å². The number of hydrogen-bond acceptors (Lipinski definition) is 3. The standard InChI is InChI=1S/C14H12ClN3O/c15-14-9-4-1-2-5-10(9)16-13-8-11(17-18(13)14)12-6-3-7-19-12/h3,6-8H,1-2,4-5H2. The first-order valence-electron chi connectivity index (χ1n) is 6.44. The van der Waals surface area contributed by atoms with Crippen LogP contribution in [0.2, 0.25) is 5.15 Å². The molecule has 3 aromatic rings. The van der Waals surface area contributed by atoms with E-state index in [-0.39, 0.29) is 0 Å². The average molecular weight is 274 g/mol. The smallest absolute Gasteiger partial charge is 0.157 e. The molecular weight excluding hydrogens is 262 g/mol. The number of fused-ring (bicyclic) bond motifs is 2. The lowest BCUT2D eigenvalue weighted by Crippen LogP contribution is -2.09. The molecule has 0 fully saturated rings. The minimum Gasteiger partial charge on any atom is -0.463 e. The fraction of sp³-hybridized carbons (Fsp3) is 0.286. The van der Waals surface area contributed by atoms with Gasteiger partial charge >= 0.3 is 0 Å². The van der Waals surface area contributed by atoms with Crippen LogP contribution in [0.3, 0.4) is 0 Å². The topological polar surface area (TPSA) is 43.3 Å². The Bertz CT molecular complexity index is 746. The van der Waals surface area contributed by atoms with E-state index in [2.05, 4.69) is 10.1 Å². The van der Waals surface area contributed by atoms with Crippen LogP contribution in [0.4, 0.5) is 0 Å². The molecule has 0 spiro atoms. The Balaban J connectivity index is 1.96. The van der Waals surface area contributed by atoms with E-state index in [9.17, 15) is 0 Å². The van der Waals surface area contributed by atoms with Gasteiger partial charge in [-0.15, -0.1) is 0 Å². The van der Waals surface area contributed by atoms with Gasteiger partial charge in [-0.2, -0.15) is 5.10 Å². The number of furan rings is 1. The van der Waals surface area contributed by atoms with E-state index >= 15 is 0 Å². The first-order chi connectivity index (χ1) is 9.33. The summed E-state index contributed by atoms with van der Waals surface area (Å²) in [5.74, 6) is 0.736. The van der Waals surface area contributed by atoms with Crippen molar-refractivity contribution in [3.8, 4) is 11.5 Å². The molecule has 3 heterocycles. The second kappa shape index (κ2) is 4.10. The summed E-state index contributed by atoms with van der Waals surface area (Å²) in [4.78, 5) is 4.68. The van der Waals surface area contributed by atoms with Crippen molar-refractivity contribution in [3.05, 3.63) is 40.9 Å². The number of aromatic nitrogens is 3. The van der Waals surface area contributed by atoms with Crippen molar-refractivity contribution in [1.82, 2.24) is 14.6 Å². The Morgan fingerprint density at radius 3 is 3.00 bits per heavy atom. The van der Waals surface area contributed by atoms with E-state index in [1.807, 2.05) is 18.2 Å². The molecule has 19 heavy (non-hydrogen) atoms. The van der Waals surface area contributed by atoms with Crippen molar-refractivity contribution in [2.75, 3.05) is 0 Å². The maximum Gasteiger partial charge on any atom is 0.157 e. The second-order valence-electron chi connectivity index (χ2n) is 4.81. The van der Waals surface area contributed by atoms with Crippen molar-refractivity contribution in [2.24, 2.45) is 0 Å². The number of halogens is 1. The molecule has 3 aromatic heterocycles. The molecule has 0 saturated heterocycles. The third-order valence-electron chi connectivity index (χ3n) is 3.59. The molecule has 96 valence electrons. The molecule has 0 amide bonds. The first-order valence-corrected chi connectivity index (χ1v) is 6.81. The Kier molecular flexibility index (Phi) is 2.38. The zero-order valence-electron chi connectivity index (χ0n) is 10.3. The molecule has 4 rings (SSSR count). The fourth-order valence-corrected chi connectivity index (χ4v) is 2.97. The minimum absolute atomic E-state index is 0.692. The molecule has 0 aliphatic heterocycles. The van der Waals surface area contributed by atoms with Crippen LogP contribution >= 0.6 is 11.6 Å². The van der Waals surface area contributed by atoms with Crippen LogP contribution in [0.5, 0.6) is 0 Å². The third-order valence-corrected chi connectivity index (χ3v) is 3.98. The Morgan fingerprint density at radius 1 is 1.26 bits per heavy atom. The van der Waals surface area contributed by atoms with Crippen LogP contribution in [-0.2, 0) is 12.8 Å². The largest absolute Gasteiger partial charge is 0.463 e. The van der Waals surface area contributed by atoms with Crippen LogP contribution < -0.4 is 0 Å². The van der Waals surface area contributed by atoms with Gasteiger partial charge in [-0.1, -0.05) is 11.6 Å². The molecule has 0 bridgehead atoms. The van der Waals surface area contributed by atoms with E-state index < -0.39 is 0 Å². The van der Waals surface area contributed by atoms with Crippen LogP contribution in [0.15, 0.2) is 28.9 Å². The van der Waals surface area contributed by atoms with Crippen molar-refractivity contribution < 1.29 is 4.42 Å². The maximum atomic E-state index is 6.46. The van der Waals surface area contributed by atoms with Gasteiger partial charge in [0.05, 0.1) is 6.26 Å². The zero-order chi connectivity index (χ0) is 12.8. The minimum atomic E-state index is 0.692. The van der Waals surface area contributed by atoms with E-state index in [0.717, 1.165) is 41.2 Å². The summed E-state index contributed by atoms with van der Waals surface area (Å²) in [6, 6.07) is 5.65. The highest BCUT2D eigenvalue weighted by atomic mass is 35.5. The summed E-state index contributed by atoms with van der Waals surface area (Å²) in [6.07, 6.45) is 6.00. The lowest BCUT2D eigenvalue weighted by Gasteiger charge is -2.16. The van der Waals surface area contributed by atoms with Crippen molar-refractivity contribution >= 4 is 17.2 Å². The molecular formula is C14H12ClN3O. The van der Waals surface area contributed by atoms with E-state index in [4.69, 9.17) is 16.0 Å². The van der Waals surface area contributed by atoms with Gasteiger partial charge in [0.25, 0.3) is 0 Å². The summed E-state index contributed by atoms with van der Waals surface area (Å²) >= 11 is 6.46. The Labute approximate surface area is 115 Å². The van der Waals surface area contributed by atoms with Crippen molar-refractivity contribution in [1.29, 1.82) is 0 Å². The Hall–Kier alpha value is -1.81. The quantitative estimate of drug-likeness (QED) is 0.637. The van der Waals surface area contributed by atoms with Gasteiger partial charge in [0.15, 0.2) is 11.4 Å². The van der Waals surface area contributed by atoms with Crippen molar-refractivity contribution in [2.45, 2.75) is 25.7 Å². The fourth-order valence-electron chi connectivity index (χ4n) is 2.64. The number of rotatable bonds is 1. The van der Waals surface area contributed by atoms with Gasteiger partial charge in [0.2, 0.25) is 0 Å². The molecule has 0 atom stereocenters. The maximum absolute atomic E-state index is 6.46. The van der Waals surface area contributed by atoms with Gasteiger partial charge < -0.3 is 4.42 Å². The number of hydrogen-bond donors (Lipinski definition) is 0. The van der Waals surface area contributed by atoms with Crippen LogP contribution in [0.1, 0.15) is 24.1 Å². The Morgan fingerprint density at radius 2 is 2.16 bits per heavy atom. The van der Waals surface area contributed by atoms with Crippen LogP contribution in [0, 0.1) is 0 Å². The van der Waals surface area contributed by atoms with Crippen molar-refractivity contribution in [3.63, 3.8) is 0 Å². The highest BCUT2D eigenvalue weighted by Crippen LogP contribution is 2.29. The van der Waals surface area contributed by atoms with Gasteiger partial charge in [0, 0.05) is 17.3 Å². The molecule has 1 aliphatic carbocycles. The highest BCUT2D eigenvalue weighted by Gasteiger charge is 2.19. The average Bonchev–Trinajstić information content (AvgIpc) is 3.07. The monoisotopic (exact) mass is 273 g/mol. The summed E-state index contributed by atoms with van der Waals surface area (Å²) in [5, 5.41) is 5.18. The first kappa shape index (κ1) is 11.1. The number of aryl methyl sites for hydroxylation is 1. The molecule has 4 nitrogen and oxygen atoms in total. The zero-order valence-corrected chi connectivity index (χ0v) is 11.0. The van der Waals surface area contributed by atoms with Crippen LogP contribution in [-0.4, -0.2) is 14.6 Å². The molecule has 0 radical (unpaired) electrons. The molecule has 0 aromatic carbocycles. The molecule has 5 heteroatoms. The normalized spacial score (nSPS) is 14.8.